The molecule has 200 valence electrons. The summed E-state index contributed by atoms with van der Waals surface area (Å²) in [5.41, 5.74) is 9.42. The Morgan fingerprint density at radius 3 is 2.33 bits per heavy atom. The summed E-state index contributed by atoms with van der Waals surface area (Å²) in [4.78, 5) is 28.4. The first kappa shape index (κ1) is 26.9. The molecule has 0 saturated carbocycles. The van der Waals surface area contributed by atoms with Gasteiger partial charge in [-0.3, -0.25) is 4.79 Å². The highest BCUT2D eigenvalue weighted by molar-refractivity contribution is 7.14. The van der Waals surface area contributed by atoms with Crippen molar-refractivity contribution in [1.29, 1.82) is 0 Å². The number of carboxylic acid groups (broad SMARTS) is 1. The Morgan fingerprint density at radius 1 is 0.975 bits per heavy atom. The van der Waals surface area contributed by atoms with Crippen LogP contribution in [0.4, 0.5) is 10.8 Å². The van der Waals surface area contributed by atoms with Gasteiger partial charge in [0.25, 0.3) is 5.91 Å². The molecule has 0 fully saturated rings. The van der Waals surface area contributed by atoms with Gasteiger partial charge in [0.2, 0.25) is 0 Å². The number of anilines is 2. The van der Waals surface area contributed by atoms with Gasteiger partial charge in [-0.15, -0.1) is 11.3 Å². The van der Waals surface area contributed by atoms with E-state index in [-0.39, 0.29) is 11.5 Å². The summed E-state index contributed by atoms with van der Waals surface area (Å²) in [6, 6.07) is 23.2. The number of amides is 1. The van der Waals surface area contributed by atoms with Crippen molar-refractivity contribution in [2.45, 2.75) is 13.8 Å². The van der Waals surface area contributed by atoms with E-state index in [9.17, 15) is 9.59 Å². The van der Waals surface area contributed by atoms with Crippen LogP contribution < -0.4 is 10.7 Å². The zero-order valence-corrected chi connectivity index (χ0v) is 23.1. The molecule has 1 amide bonds. The van der Waals surface area contributed by atoms with Crippen LogP contribution in [0.3, 0.4) is 0 Å². The standard InChI is InChI=1S/C30H24ClN5O3S/c1-18-15-23(19(2)36(18)26-13-7-22(8-14-26)29(38)39)16-32-35-28(37)21-5-3-20(4-6-21)27-17-40-30(34-27)33-25-11-9-24(31)10-12-25/h3-17H,1-2H3,(H,33,34)(H,35,37)(H,38,39)/b32-16-. The van der Waals surface area contributed by atoms with Crippen molar-refractivity contribution in [3.8, 4) is 16.9 Å². The molecule has 0 bridgehead atoms. The van der Waals surface area contributed by atoms with Gasteiger partial charge < -0.3 is 15.0 Å². The zero-order chi connectivity index (χ0) is 28.2. The Labute approximate surface area is 239 Å². The Bertz CT molecular complexity index is 1710. The van der Waals surface area contributed by atoms with Crippen molar-refractivity contribution < 1.29 is 14.7 Å². The molecule has 2 aromatic heterocycles. The predicted molar refractivity (Wildman–Crippen MR) is 160 cm³/mol. The first-order chi connectivity index (χ1) is 19.3. The van der Waals surface area contributed by atoms with Crippen molar-refractivity contribution in [3.05, 3.63) is 117 Å². The summed E-state index contributed by atoms with van der Waals surface area (Å²) in [6.45, 7) is 3.89. The number of aryl methyl sites for hydroxylation is 1. The lowest BCUT2D eigenvalue weighted by atomic mass is 10.1. The van der Waals surface area contributed by atoms with E-state index in [1.165, 1.54) is 11.3 Å². The van der Waals surface area contributed by atoms with Gasteiger partial charge in [-0.1, -0.05) is 23.7 Å². The number of carbonyl (C=O) groups excluding carboxylic acids is 1. The van der Waals surface area contributed by atoms with Crippen molar-refractivity contribution in [2.24, 2.45) is 5.10 Å². The van der Waals surface area contributed by atoms with Gasteiger partial charge in [-0.25, -0.2) is 15.2 Å². The van der Waals surface area contributed by atoms with E-state index in [0.717, 1.165) is 44.7 Å². The van der Waals surface area contributed by atoms with E-state index in [1.807, 2.05) is 66.3 Å². The quantitative estimate of drug-likeness (QED) is 0.137. The Balaban J connectivity index is 1.22. The monoisotopic (exact) mass is 569 g/mol. The number of halogens is 1. The molecule has 5 aromatic rings. The van der Waals surface area contributed by atoms with Crippen LogP contribution in [0.15, 0.2) is 89.3 Å². The molecule has 3 N–H and O–H groups in total. The summed E-state index contributed by atoms with van der Waals surface area (Å²) in [7, 11) is 0. The number of thiazole rings is 1. The summed E-state index contributed by atoms with van der Waals surface area (Å²) >= 11 is 7.43. The number of aromatic nitrogens is 2. The molecule has 0 aliphatic carbocycles. The lowest BCUT2D eigenvalue weighted by molar-refractivity contribution is 0.0696. The van der Waals surface area contributed by atoms with E-state index in [0.29, 0.717) is 10.6 Å². The fourth-order valence-corrected chi connectivity index (χ4v) is 5.07. The number of carboxylic acids is 1. The Hall–Kier alpha value is -4.73. The first-order valence-electron chi connectivity index (χ1n) is 12.2. The summed E-state index contributed by atoms with van der Waals surface area (Å²) in [5, 5.41) is 19.9. The van der Waals surface area contributed by atoms with Crippen LogP contribution in [-0.4, -0.2) is 32.7 Å². The average molecular weight is 570 g/mol. The topological polar surface area (TPSA) is 109 Å². The van der Waals surface area contributed by atoms with E-state index in [2.05, 4.69) is 20.8 Å². The van der Waals surface area contributed by atoms with Gasteiger partial charge >= 0.3 is 5.97 Å². The summed E-state index contributed by atoms with van der Waals surface area (Å²) < 4.78 is 2.00. The maximum atomic E-state index is 12.7. The molecule has 0 unspecified atom stereocenters. The fraction of sp³-hybridized carbons (Fsp3) is 0.0667. The third kappa shape index (κ3) is 5.96. The molecule has 0 radical (unpaired) electrons. The van der Waals surface area contributed by atoms with Gasteiger partial charge in [0.05, 0.1) is 17.5 Å². The average Bonchev–Trinajstić information content (AvgIpc) is 3.53. The van der Waals surface area contributed by atoms with E-state index < -0.39 is 5.97 Å². The molecule has 5 rings (SSSR count). The SMILES string of the molecule is Cc1cc(/C=N\NC(=O)c2ccc(-c3csc(Nc4ccc(Cl)cc4)n3)cc2)c(C)n1-c1ccc(C(=O)O)cc1. The van der Waals surface area contributed by atoms with E-state index in [4.69, 9.17) is 16.7 Å². The number of hydrogen-bond acceptors (Lipinski definition) is 6. The maximum Gasteiger partial charge on any atom is 0.335 e. The number of nitrogens with one attached hydrogen (secondary N) is 2. The van der Waals surface area contributed by atoms with Crippen molar-refractivity contribution >= 4 is 51.8 Å². The van der Waals surface area contributed by atoms with Crippen LogP contribution in [0, 0.1) is 13.8 Å². The highest BCUT2D eigenvalue weighted by atomic mass is 35.5. The fourth-order valence-electron chi connectivity index (χ4n) is 4.21. The van der Waals surface area contributed by atoms with E-state index >= 15 is 0 Å². The minimum atomic E-state index is -0.967. The van der Waals surface area contributed by atoms with Gasteiger partial charge in [0.1, 0.15) is 0 Å². The summed E-state index contributed by atoms with van der Waals surface area (Å²) in [5.74, 6) is -1.30. The minimum Gasteiger partial charge on any atom is -0.478 e. The molecular weight excluding hydrogens is 546 g/mol. The molecule has 40 heavy (non-hydrogen) atoms. The Morgan fingerprint density at radius 2 is 1.65 bits per heavy atom. The third-order valence-electron chi connectivity index (χ3n) is 6.25. The van der Waals surface area contributed by atoms with Crippen LogP contribution >= 0.6 is 22.9 Å². The highest BCUT2D eigenvalue weighted by Crippen LogP contribution is 2.28. The second-order valence-corrected chi connectivity index (χ2v) is 10.3. The van der Waals surface area contributed by atoms with Crippen molar-refractivity contribution in [3.63, 3.8) is 0 Å². The molecule has 0 spiro atoms. The van der Waals surface area contributed by atoms with Crippen molar-refractivity contribution in [2.75, 3.05) is 5.32 Å². The Kier molecular flexibility index (Phi) is 7.77. The number of nitrogens with zero attached hydrogens (tertiary/aromatic N) is 3. The number of hydrazone groups is 1. The normalized spacial score (nSPS) is 11.1. The van der Waals surface area contributed by atoms with Gasteiger partial charge in [0, 0.05) is 49.9 Å². The van der Waals surface area contributed by atoms with Crippen LogP contribution in [-0.2, 0) is 0 Å². The van der Waals surface area contributed by atoms with Crippen LogP contribution in [0.5, 0.6) is 0 Å². The molecule has 8 nitrogen and oxygen atoms in total. The van der Waals surface area contributed by atoms with Gasteiger partial charge in [-0.05, 0) is 80.6 Å². The molecule has 0 saturated heterocycles. The number of hydrogen-bond donors (Lipinski definition) is 3. The lowest BCUT2D eigenvalue weighted by Gasteiger charge is -2.09. The van der Waals surface area contributed by atoms with Crippen molar-refractivity contribution in [1.82, 2.24) is 15.0 Å². The van der Waals surface area contributed by atoms with Gasteiger partial charge in [-0.2, -0.15) is 5.10 Å². The van der Waals surface area contributed by atoms with Crippen LogP contribution in [0.2, 0.25) is 5.02 Å². The van der Waals surface area contributed by atoms with Crippen LogP contribution in [0.1, 0.15) is 37.7 Å². The largest absolute Gasteiger partial charge is 0.478 e. The number of carbonyl (C=O) groups is 2. The molecule has 3 aromatic carbocycles. The molecule has 10 heteroatoms. The molecular formula is C30H24ClN5O3S. The minimum absolute atomic E-state index is 0.228. The van der Waals surface area contributed by atoms with Gasteiger partial charge in [0.15, 0.2) is 5.13 Å². The predicted octanol–water partition coefficient (Wildman–Crippen LogP) is 7.08. The molecule has 0 atom stereocenters. The molecule has 0 aliphatic heterocycles. The summed E-state index contributed by atoms with van der Waals surface area (Å²) in [6.07, 6.45) is 1.60. The zero-order valence-electron chi connectivity index (χ0n) is 21.6. The number of aromatic carboxylic acids is 1. The molecule has 0 aliphatic rings. The highest BCUT2D eigenvalue weighted by Gasteiger charge is 2.12. The lowest BCUT2D eigenvalue weighted by Crippen LogP contribution is -2.17. The first-order valence-corrected chi connectivity index (χ1v) is 13.5. The second-order valence-electron chi connectivity index (χ2n) is 8.96. The smallest absolute Gasteiger partial charge is 0.335 e. The van der Waals surface area contributed by atoms with Crippen LogP contribution in [0.25, 0.3) is 16.9 Å². The second kappa shape index (κ2) is 11.6. The third-order valence-corrected chi connectivity index (χ3v) is 7.26. The number of rotatable bonds is 8. The maximum absolute atomic E-state index is 12.7. The molecule has 2 heterocycles. The number of benzene rings is 3. The van der Waals surface area contributed by atoms with E-state index in [1.54, 1.807) is 42.6 Å².